The number of methoxy groups -OCH3 is 3. The normalized spacial score (nSPS) is 11.0. The number of carbonyl (C=O) groups excluding carboxylic acids is 2. The smallest absolute Gasteiger partial charge is 0.160 e. The first-order valence-corrected chi connectivity index (χ1v) is 9.30. The summed E-state index contributed by atoms with van der Waals surface area (Å²) in [7, 11) is 4.30. The van der Waals surface area contributed by atoms with E-state index in [1.165, 1.54) is 45.6 Å². The molecule has 0 aliphatic rings. The number of ether oxygens (including phenoxy) is 3. The summed E-state index contributed by atoms with van der Waals surface area (Å²) in [4.78, 5) is 23.2. The van der Waals surface area contributed by atoms with E-state index in [2.05, 4.69) is 0 Å². The molecule has 7 heteroatoms. The van der Waals surface area contributed by atoms with Crippen molar-refractivity contribution < 1.29 is 34.0 Å². The molecule has 0 unspecified atom stereocenters. The number of phenols is 1. The zero-order valence-corrected chi connectivity index (χ0v) is 17.3. The van der Waals surface area contributed by atoms with Crippen LogP contribution < -0.4 is 14.2 Å². The van der Waals surface area contributed by atoms with E-state index >= 15 is 0 Å². The lowest BCUT2D eigenvalue weighted by molar-refractivity contribution is 0.111. The molecule has 0 spiro atoms. The van der Waals surface area contributed by atoms with Crippen molar-refractivity contribution in [2.45, 2.75) is 5.60 Å². The Morgan fingerprint density at radius 1 is 0.677 bits per heavy atom. The van der Waals surface area contributed by atoms with Gasteiger partial charge in [-0.25, -0.2) is 0 Å². The van der Waals surface area contributed by atoms with E-state index in [1.54, 1.807) is 30.3 Å². The lowest BCUT2D eigenvalue weighted by Gasteiger charge is -2.31. The number of aromatic hydroxyl groups is 1. The van der Waals surface area contributed by atoms with Gasteiger partial charge in [0, 0.05) is 0 Å². The van der Waals surface area contributed by atoms with Crippen LogP contribution in [0.1, 0.15) is 37.4 Å². The SMILES string of the molecule is COc1ccc(C(O)(c2ccc(OC)c(C=O)c2)c2ccc(OC)c(C=O)c2)cc1O. The van der Waals surface area contributed by atoms with Gasteiger partial charge < -0.3 is 24.4 Å². The number of aliphatic hydroxyl groups is 1. The van der Waals surface area contributed by atoms with Gasteiger partial charge in [-0.2, -0.15) is 0 Å². The molecule has 0 atom stereocenters. The second kappa shape index (κ2) is 8.89. The van der Waals surface area contributed by atoms with Crippen molar-refractivity contribution in [3.63, 3.8) is 0 Å². The molecule has 3 aromatic rings. The van der Waals surface area contributed by atoms with Gasteiger partial charge in [-0.05, 0) is 53.1 Å². The summed E-state index contributed by atoms with van der Waals surface area (Å²) in [5.41, 5.74) is -0.378. The number of carbonyl (C=O) groups is 2. The quantitative estimate of drug-likeness (QED) is 0.424. The second-order valence-corrected chi connectivity index (χ2v) is 6.75. The molecule has 3 rings (SSSR count). The summed E-state index contributed by atoms with van der Waals surface area (Å²) in [6, 6.07) is 13.8. The number of aldehydes is 2. The van der Waals surface area contributed by atoms with E-state index in [9.17, 15) is 19.8 Å². The van der Waals surface area contributed by atoms with Crippen LogP contribution in [0.4, 0.5) is 0 Å². The molecule has 0 heterocycles. The third-order valence-corrected chi connectivity index (χ3v) is 5.15. The van der Waals surface area contributed by atoms with Gasteiger partial charge in [0.25, 0.3) is 0 Å². The fraction of sp³-hybridized carbons (Fsp3) is 0.167. The predicted molar refractivity (Wildman–Crippen MR) is 114 cm³/mol. The van der Waals surface area contributed by atoms with Crippen molar-refractivity contribution in [1.82, 2.24) is 0 Å². The van der Waals surface area contributed by atoms with Crippen molar-refractivity contribution in [3.05, 3.63) is 82.4 Å². The van der Waals surface area contributed by atoms with Crippen LogP contribution in [0.2, 0.25) is 0 Å². The topological polar surface area (TPSA) is 102 Å². The Morgan fingerprint density at radius 2 is 1.06 bits per heavy atom. The summed E-state index contributed by atoms with van der Waals surface area (Å²) in [6.45, 7) is 0. The van der Waals surface area contributed by atoms with Crippen LogP contribution in [0.15, 0.2) is 54.6 Å². The second-order valence-electron chi connectivity index (χ2n) is 6.75. The molecule has 0 amide bonds. The Hall–Kier alpha value is -3.84. The van der Waals surface area contributed by atoms with Crippen LogP contribution in [-0.4, -0.2) is 44.1 Å². The molecule has 0 saturated carbocycles. The van der Waals surface area contributed by atoms with Gasteiger partial charge in [0.1, 0.15) is 17.1 Å². The monoisotopic (exact) mass is 422 g/mol. The Balaban J connectivity index is 2.33. The van der Waals surface area contributed by atoms with Crippen LogP contribution in [0.25, 0.3) is 0 Å². The van der Waals surface area contributed by atoms with Crippen molar-refractivity contribution in [3.8, 4) is 23.0 Å². The first-order valence-electron chi connectivity index (χ1n) is 9.30. The van der Waals surface area contributed by atoms with Gasteiger partial charge in [0.05, 0.1) is 32.5 Å². The van der Waals surface area contributed by atoms with E-state index < -0.39 is 5.60 Å². The van der Waals surface area contributed by atoms with Gasteiger partial charge >= 0.3 is 0 Å². The minimum Gasteiger partial charge on any atom is -0.504 e. The third-order valence-electron chi connectivity index (χ3n) is 5.15. The number of rotatable bonds is 8. The Kier molecular flexibility index (Phi) is 6.27. The molecular weight excluding hydrogens is 400 g/mol. The molecule has 31 heavy (non-hydrogen) atoms. The van der Waals surface area contributed by atoms with Gasteiger partial charge in [-0.15, -0.1) is 0 Å². The van der Waals surface area contributed by atoms with E-state index in [0.29, 0.717) is 40.8 Å². The predicted octanol–water partition coefficient (Wildman–Crippen LogP) is 3.33. The molecule has 0 fully saturated rings. The number of hydrogen-bond donors (Lipinski definition) is 2. The van der Waals surface area contributed by atoms with Crippen molar-refractivity contribution in [2.24, 2.45) is 0 Å². The van der Waals surface area contributed by atoms with Gasteiger partial charge in [0.15, 0.2) is 24.1 Å². The number of benzene rings is 3. The third kappa shape index (κ3) is 3.83. The van der Waals surface area contributed by atoms with Crippen LogP contribution >= 0.6 is 0 Å². The zero-order valence-electron chi connectivity index (χ0n) is 17.3. The highest BCUT2D eigenvalue weighted by Gasteiger charge is 2.36. The minimum absolute atomic E-state index is 0.174. The highest BCUT2D eigenvalue weighted by atomic mass is 16.5. The average Bonchev–Trinajstić information content (AvgIpc) is 2.82. The molecular formula is C24H22O7. The standard InChI is InChI=1S/C24H22O7/c1-29-21-7-4-17(10-15(21)13-25)24(28,19-6-9-23(31-3)20(27)12-19)18-5-8-22(30-2)16(11-18)14-26/h4-14,27-28H,1-3H3. The van der Waals surface area contributed by atoms with E-state index in [4.69, 9.17) is 14.2 Å². The zero-order chi connectivity index (χ0) is 22.6. The summed E-state index contributed by atoms with van der Waals surface area (Å²) in [6.07, 6.45) is 1.25. The van der Waals surface area contributed by atoms with E-state index in [-0.39, 0.29) is 22.6 Å². The highest BCUT2D eigenvalue weighted by Crippen LogP contribution is 2.42. The van der Waals surface area contributed by atoms with Gasteiger partial charge in [0.2, 0.25) is 0 Å². The maximum atomic E-state index is 12.0. The van der Waals surface area contributed by atoms with Gasteiger partial charge in [-0.1, -0.05) is 18.2 Å². The molecule has 0 aromatic heterocycles. The Bertz CT molecular complexity index is 1060. The lowest BCUT2D eigenvalue weighted by Crippen LogP contribution is -2.29. The molecule has 0 saturated heterocycles. The van der Waals surface area contributed by atoms with Crippen molar-refractivity contribution in [1.29, 1.82) is 0 Å². The van der Waals surface area contributed by atoms with Crippen LogP contribution in [-0.2, 0) is 5.60 Å². The van der Waals surface area contributed by atoms with Crippen molar-refractivity contribution >= 4 is 12.6 Å². The molecule has 2 N–H and O–H groups in total. The van der Waals surface area contributed by atoms with E-state index in [0.717, 1.165) is 0 Å². The van der Waals surface area contributed by atoms with Crippen LogP contribution in [0.3, 0.4) is 0 Å². The lowest BCUT2D eigenvalue weighted by atomic mass is 9.79. The number of hydrogen-bond acceptors (Lipinski definition) is 7. The minimum atomic E-state index is -1.82. The average molecular weight is 422 g/mol. The molecule has 0 aliphatic carbocycles. The summed E-state index contributed by atoms with van der Waals surface area (Å²) in [5.74, 6) is 0.758. The maximum Gasteiger partial charge on any atom is 0.160 e. The molecule has 160 valence electrons. The number of phenolic OH excluding ortho intramolecular Hbond substituents is 1. The first kappa shape index (κ1) is 21.9. The van der Waals surface area contributed by atoms with E-state index in [1.807, 2.05) is 0 Å². The summed E-state index contributed by atoms with van der Waals surface area (Å²) in [5, 5.41) is 22.3. The fourth-order valence-corrected chi connectivity index (χ4v) is 3.52. The van der Waals surface area contributed by atoms with Crippen molar-refractivity contribution in [2.75, 3.05) is 21.3 Å². The molecule has 0 radical (unpaired) electrons. The Labute approximate surface area is 179 Å². The highest BCUT2D eigenvalue weighted by molar-refractivity contribution is 5.81. The molecule has 0 aliphatic heterocycles. The van der Waals surface area contributed by atoms with Crippen LogP contribution in [0.5, 0.6) is 23.0 Å². The largest absolute Gasteiger partial charge is 0.504 e. The van der Waals surface area contributed by atoms with Gasteiger partial charge in [-0.3, -0.25) is 9.59 Å². The summed E-state index contributed by atoms with van der Waals surface area (Å²) < 4.78 is 15.5. The molecule has 3 aromatic carbocycles. The maximum absolute atomic E-state index is 12.0. The molecule has 0 bridgehead atoms. The van der Waals surface area contributed by atoms with Crippen LogP contribution in [0, 0.1) is 0 Å². The Morgan fingerprint density at radius 3 is 1.42 bits per heavy atom. The first-order chi connectivity index (χ1) is 14.9. The summed E-state index contributed by atoms with van der Waals surface area (Å²) >= 11 is 0. The molecule has 7 nitrogen and oxygen atoms in total. The fourth-order valence-electron chi connectivity index (χ4n) is 3.52.